The fourth-order valence-corrected chi connectivity index (χ4v) is 4.25. The Morgan fingerprint density at radius 2 is 1.41 bits per heavy atom. The zero-order valence-corrected chi connectivity index (χ0v) is 18.0. The van der Waals surface area contributed by atoms with Crippen molar-refractivity contribution in [2.45, 2.75) is 25.7 Å². The highest BCUT2D eigenvalue weighted by atomic mass is 19.1. The molecule has 0 aliphatic carbocycles. The lowest BCUT2D eigenvalue weighted by Crippen LogP contribution is -2.32. The molecule has 0 atom stereocenters. The molecule has 0 radical (unpaired) electrons. The zero-order chi connectivity index (χ0) is 22.5. The van der Waals surface area contributed by atoms with Crippen LogP contribution < -0.4 is 11.5 Å². The SMILES string of the molecule is Nc1c#cc(CCCN2CCC(=C(c3ccc(F)cc3)c3ccc(F)cc3)CC2)cc1N. The molecular formula is C27H27F2N3. The van der Waals surface area contributed by atoms with Crippen LogP contribution in [-0.4, -0.2) is 24.5 Å². The predicted octanol–water partition coefficient (Wildman–Crippen LogP) is 5.26. The third-order valence-electron chi connectivity index (χ3n) is 6.00. The number of halogens is 2. The maximum atomic E-state index is 13.5. The van der Waals surface area contributed by atoms with Gasteiger partial charge in [0.05, 0.1) is 5.69 Å². The van der Waals surface area contributed by atoms with Gasteiger partial charge in [0, 0.05) is 18.7 Å². The van der Waals surface area contributed by atoms with Crippen LogP contribution in [0.1, 0.15) is 36.0 Å². The molecule has 0 spiro atoms. The van der Waals surface area contributed by atoms with E-state index < -0.39 is 0 Å². The Balaban J connectivity index is 1.43. The Hall–Kier alpha value is -3.36. The quantitative estimate of drug-likeness (QED) is 0.560. The van der Waals surface area contributed by atoms with Crippen molar-refractivity contribution in [2.75, 3.05) is 31.1 Å². The first kappa shape index (κ1) is 21.9. The van der Waals surface area contributed by atoms with E-state index in [0.29, 0.717) is 11.4 Å². The summed E-state index contributed by atoms with van der Waals surface area (Å²) in [7, 11) is 0. The van der Waals surface area contributed by atoms with Crippen LogP contribution in [-0.2, 0) is 6.42 Å². The van der Waals surface area contributed by atoms with Crippen molar-refractivity contribution in [3.63, 3.8) is 0 Å². The summed E-state index contributed by atoms with van der Waals surface area (Å²) in [5.41, 5.74) is 18.0. The van der Waals surface area contributed by atoms with Crippen molar-refractivity contribution in [3.05, 3.63) is 101 Å². The van der Waals surface area contributed by atoms with Gasteiger partial charge in [-0.15, -0.1) is 0 Å². The molecule has 164 valence electrons. The maximum Gasteiger partial charge on any atom is 0.123 e. The number of nitrogens with two attached hydrogens (primary N) is 2. The van der Waals surface area contributed by atoms with Gasteiger partial charge in [0.15, 0.2) is 0 Å². The minimum absolute atomic E-state index is 0.260. The van der Waals surface area contributed by atoms with Gasteiger partial charge in [0.25, 0.3) is 0 Å². The van der Waals surface area contributed by atoms with Crippen molar-refractivity contribution < 1.29 is 8.78 Å². The van der Waals surface area contributed by atoms with E-state index in [2.05, 4.69) is 17.0 Å². The summed E-state index contributed by atoms with van der Waals surface area (Å²) in [5.74, 6) is -0.519. The van der Waals surface area contributed by atoms with Gasteiger partial charge in [-0.2, -0.15) is 0 Å². The average Bonchev–Trinajstić information content (AvgIpc) is 2.80. The lowest BCUT2D eigenvalue weighted by molar-refractivity contribution is 0.254. The Morgan fingerprint density at radius 3 is 1.94 bits per heavy atom. The number of rotatable bonds is 6. The molecule has 0 saturated carbocycles. The molecule has 1 fully saturated rings. The highest BCUT2D eigenvalue weighted by Crippen LogP contribution is 2.32. The Labute approximate surface area is 188 Å². The number of anilines is 2. The maximum absolute atomic E-state index is 13.5. The van der Waals surface area contributed by atoms with Crippen LogP contribution >= 0.6 is 0 Å². The molecule has 1 saturated heterocycles. The van der Waals surface area contributed by atoms with Crippen LogP contribution in [0.5, 0.6) is 0 Å². The summed E-state index contributed by atoms with van der Waals surface area (Å²) in [6, 6.07) is 21.0. The zero-order valence-electron chi connectivity index (χ0n) is 18.0. The number of hydrogen-bond acceptors (Lipinski definition) is 3. The second kappa shape index (κ2) is 9.84. The van der Waals surface area contributed by atoms with Gasteiger partial charge in [-0.25, -0.2) is 8.78 Å². The van der Waals surface area contributed by atoms with Crippen LogP contribution in [0.15, 0.2) is 60.2 Å². The topological polar surface area (TPSA) is 55.3 Å². The van der Waals surface area contributed by atoms with E-state index >= 15 is 0 Å². The van der Waals surface area contributed by atoms with Gasteiger partial charge in [-0.05, 0) is 85.3 Å². The van der Waals surface area contributed by atoms with E-state index in [0.717, 1.165) is 67.6 Å². The normalized spacial score (nSPS) is 14.2. The molecule has 4 rings (SSSR count). The Morgan fingerprint density at radius 1 is 0.844 bits per heavy atom. The van der Waals surface area contributed by atoms with Gasteiger partial charge in [-0.3, -0.25) is 0 Å². The first-order chi connectivity index (χ1) is 15.5. The fourth-order valence-electron chi connectivity index (χ4n) is 4.25. The molecule has 0 aromatic heterocycles. The second-order valence-electron chi connectivity index (χ2n) is 8.23. The number of hydrogen-bond donors (Lipinski definition) is 2. The number of likely N-dealkylation sites (tertiary alicyclic amines) is 1. The summed E-state index contributed by atoms with van der Waals surface area (Å²) >= 11 is 0. The van der Waals surface area contributed by atoms with E-state index in [9.17, 15) is 8.78 Å². The monoisotopic (exact) mass is 431 g/mol. The Bertz CT molecular complexity index is 1030. The molecular weight excluding hydrogens is 404 g/mol. The van der Waals surface area contributed by atoms with E-state index in [4.69, 9.17) is 11.5 Å². The minimum Gasteiger partial charge on any atom is -0.396 e. The average molecular weight is 432 g/mol. The van der Waals surface area contributed by atoms with Crippen LogP contribution in [0.4, 0.5) is 20.2 Å². The number of nitrogen functional groups attached to an aromatic ring is 2. The summed E-state index contributed by atoms with van der Waals surface area (Å²) in [4.78, 5) is 2.46. The first-order valence-corrected chi connectivity index (χ1v) is 10.9. The fraction of sp³-hybridized carbons (Fsp3) is 0.259. The van der Waals surface area contributed by atoms with Gasteiger partial charge in [0.2, 0.25) is 0 Å². The lowest BCUT2D eigenvalue weighted by atomic mass is 9.88. The number of aryl methyl sites for hydroxylation is 1. The van der Waals surface area contributed by atoms with Gasteiger partial charge in [0.1, 0.15) is 17.3 Å². The molecule has 0 amide bonds. The number of nitrogens with zero attached hydrogens (tertiary/aromatic N) is 1. The van der Waals surface area contributed by atoms with Gasteiger partial charge >= 0.3 is 0 Å². The van der Waals surface area contributed by atoms with Crippen molar-refractivity contribution in [1.29, 1.82) is 0 Å². The number of piperidine rings is 1. The van der Waals surface area contributed by atoms with Crippen LogP contribution in [0.25, 0.3) is 5.57 Å². The number of benzene rings is 2. The molecule has 3 nitrogen and oxygen atoms in total. The summed E-state index contributed by atoms with van der Waals surface area (Å²) < 4.78 is 27.0. The summed E-state index contributed by atoms with van der Waals surface area (Å²) in [6.45, 7) is 2.91. The lowest BCUT2D eigenvalue weighted by Gasteiger charge is -2.30. The van der Waals surface area contributed by atoms with Crippen molar-refractivity contribution in [3.8, 4) is 0 Å². The van der Waals surface area contributed by atoms with E-state index in [1.54, 1.807) is 24.3 Å². The van der Waals surface area contributed by atoms with Crippen LogP contribution in [0.2, 0.25) is 0 Å². The van der Waals surface area contributed by atoms with Gasteiger partial charge in [-0.1, -0.05) is 35.9 Å². The van der Waals surface area contributed by atoms with E-state index in [1.807, 2.05) is 6.07 Å². The molecule has 4 N–H and O–H groups in total. The molecule has 3 aromatic carbocycles. The van der Waals surface area contributed by atoms with Crippen LogP contribution in [0.3, 0.4) is 0 Å². The summed E-state index contributed by atoms with van der Waals surface area (Å²) in [5, 5.41) is 0. The predicted molar refractivity (Wildman–Crippen MR) is 126 cm³/mol. The molecule has 1 aliphatic heterocycles. The summed E-state index contributed by atoms with van der Waals surface area (Å²) in [6.07, 6.45) is 3.75. The van der Waals surface area contributed by atoms with Crippen LogP contribution in [0, 0.1) is 23.8 Å². The highest BCUT2D eigenvalue weighted by Gasteiger charge is 2.19. The Kier molecular flexibility index (Phi) is 6.72. The molecule has 3 aromatic rings. The molecule has 1 aliphatic rings. The highest BCUT2D eigenvalue weighted by molar-refractivity contribution is 5.82. The molecule has 0 bridgehead atoms. The first-order valence-electron chi connectivity index (χ1n) is 10.9. The third-order valence-corrected chi connectivity index (χ3v) is 6.00. The largest absolute Gasteiger partial charge is 0.396 e. The van der Waals surface area contributed by atoms with E-state index in [-0.39, 0.29) is 11.6 Å². The molecule has 0 unspecified atom stereocenters. The molecule has 5 heteroatoms. The van der Waals surface area contributed by atoms with Crippen molar-refractivity contribution >= 4 is 16.9 Å². The van der Waals surface area contributed by atoms with Crippen molar-refractivity contribution in [2.24, 2.45) is 0 Å². The van der Waals surface area contributed by atoms with Gasteiger partial charge < -0.3 is 16.4 Å². The standard InChI is InChI=1S/C27H27F2N3/c28-23-8-4-20(5-9-23)27(21-6-10-24(29)11-7-21)22-13-16-32(17-14-22)15-1-2-19-3-12-25(30)26(31)18-19/h4-11,18H,1-2,13-17,30-31H2. The third kappa shape index (κ3) is 5.27. The molecule has 32 heavy (non-hydrogen) atoms. The smallest absolute Gasteiger partial charge is 0.123 e. The molecule has 1 heterocycles. The van der Waals surface area contributed by atoms with E-state index in [1.165, 1.54) is 29.8 Å². The minimum atomic E-state index is -0.260. The van der Waals surface area contributed by atoms with Crippen molar-refractivity contribution in [1.82, 2.24) is 4.90 Å². The second-order valence-corrected chi connectivity index (χ2v) is 8.23.